The minimum atomic E-state index is -0.804. The number of aliphatic hydroxyl groups excluding tert-OH is 1. The Bertz CT molecular complexity index is 508. The van der Waals surface area contributed by atoms with E-state index < -0.39 is 5.92 Å². The first kappa shape index (κ1) is 14.0. The number of Topliss-reactive ketones (excluding diaryl/α,β-unsaturated/α-hetero) is 2. The monoisotopic (exact) mass is 281 g/mol. The summed E-state index contributed by atoms with van der Waals surface area (Å²) in [6.45, 7) is 1.82. The van der Waals surface area contributed by atoms with E-state index >= 15 is 0 Å². The van der Waals surface area contributed by atoms with Crippen LogP contribution in [0.5, 0.6) is 0 Å². The number of hydrogen-bond donors (Lipinski definition) is 1. The molecule has 0 bridgehead atoms. The zero-order valence-electron chi connectivity index (χ0n) is 10.6. The third-order valence-electron chi connectivity index (χ3n) is 3.03. The number of ketones is 2. The van der Waals surface area contributed by atoms with Crippen molar-refractivity contribution in [3.05, 3.63) is 10.6 Å². The van der Waals surface area contributed by atoms with E-state index in [0.29, 0.717) is 35.5 Å². The van der Waals surface area contributed by atoms with E-state index in [1.807, 2.05) is 0 Å². The van der Waals surface area contributed by atoms with E-state index in [1.165, 1.54) is 0 Å². The standard InChI is InChI=1S/C12H15N3O3S/c1-7-12(19-15-14-7)11(13-5-6-16)10-8(17)3-2-4-9(10)18/h10,16H,2-6H2,1H3/b13-11+. The minimum absolute atomic E-state index is 0.0965. The first-order valence-corrected chi connectivity index (χ1v) is 6.92. The normalized spacial score (nSPS) is 18.1. The number of nitrogens with zero attached hydrogens (tertiary/aromatic N) is 3. The Morgan fingerprint density at radius 3 is 2.63 bits per heavy atom. The van der Waals surface area contributed by atoms with Crippen LogP contribution in [-0.2, 0) is 9.59 Å². The molecule has 1 saturated carbocycles. The minimum Gasteiger partial charge on any atom is -0.394 e. The van der Waals surface area contributed by atoms with Crippen molar-refractivity contribution >= 4 is 28.8 Å². The molecule has 0 spiro atoms. The maximum atomic E-state index is 12.0. The molecule has 0 aliphatic heterocycles. The zero-order valence-corrected chi connectivity index (χ0v) is 11.4. The molecule has 2 rings (SSSR count). The molecule has 0 saturated heterocycles. The fraction of sp³-hybridized carbons (Fsp3) is 0.583. The van der Waals surface area contributed by atoms with Gasteiger partial charge in [-0.25, -0.2) is 0 Å². The topological polar surface area (TPSA) is 92.5 Å². The number of aryl methyl sites for hydroxylation is 1. The van der Waals surface area contributed by atoms with Gasteiger partial charge in [-0.2, -0.15) is 0 Å². The van der Waals surface area contributed by atoms with Crippen LogP contribution in [0.2, 0.25) is 0 Å². The second kappa shape index (κ2) is 6.12. The van der Waals surface area contributed by atoms with Crippen LogP contribution >= 0.6 is 11.5 Å². The molecule has 0 atom stereocenters. The maximum absolute atomic E-state index is 12.0. The van der Waals surface area contributed by atoms with E-state index in [4.69, 9.17) is 5.11 Å². The van der Waals surface area contributed by atoms with Gasteiger partial charge in [-0.1, -0.05) is 4.49 Å². The lowest BCUT2D eigenvalue weighted by atomic mass is 9.82. The van der Waals surface area contributed by atoms with Crippen molar-refractivity contribution < 1.29 is 14.7 Å². The Morgan fingerprint density at radius 1 is 1.42 bits per heavy atom. The molecule has 102 valence electrons. The van der Waals surface area contributed by atoms with Gasteiger partial charge in [0.1, 0.15) is 17.5 Å². The third-order valence-corrected chi connectivity index (χ3v) is 3.88. The largest absolute Gasteiger partial charge is 0.394 e. The number of aliphatic imine (C=N–C) groups is 1. The van der Waals surface area contributed by atoms with Crippen LogP contribution in [0.4, 0.5) is 0 Å². The van der Waals surface area contributed by atoms with Crippen LogP contribution in [0.25, 0.3) is 0 Å². The molecule has 0 amide bonds. The summed E-state index contributed by atoms with van der Waals surface area (Å²) >= 11 is 1.13. The van der Waals surface area contributed by atoms with Gasteiger partial charge in [0.15, 0.2) is 0 Å². The van der Waals surface area contributed by atoms with Crippen LogP contribution in [0.3, 0.4) is 0 Å². The summed E-state index contributed by atoms with van der Waals surface area (Å²) in [5, 5.41) is 12.8. The SMILES string of the molecule is Cc1nnsc1/C(=N/CCO)C1C(=O)CCCC1=O. The maximum Gasteiger partial charge on any atom is 0.149 e. The number of aliphatic hydroxyl groups is 1. The van der Waals surface area contributed by atoms with Gasteiger partial charge in [-0.05, 0) is 24.9 Å². The molecular weight excluding hydrogens is 266 g/mol. The lowest BCUT2D eigenvalue weighted by Crippen LogP contribution is -2.36. The van der Waals surface area contributed by atoms with Crippen molar-refractivity contribution in [3.8, 4) is 0 Å². The van der Waals surface area contributed by atoms with Crippen molar-refractivity contribution in [1.29, 1.82) is 0 Å². The van der Waals surface area contributed by atoms with Gasteiger partial charge in [0, 0.05) is 12.8 Å². The molecule has 1 heterocycles. The molecule has 1 aliphatic rings. The summed E-state index contributed by atoms with van der Waals surface area (Å²) in [5.74, 6) is -0.997. The van der Waals surface area contributed by atoms with Crippen molar-refractivity contribution in [2.24, 2.45) is 10.9 Å². The van der Waals surface area contributed by atoms with Crippen LogP contribution < -0.4 is 0 Å². The first-order valence-electron chi connectivity index (χ1n) is 6.15. The Kier molecular flexibility index (Phi) is 4.49. The lowest BCUT2D eigenvalue weighted by Gasteiger charge is -2.20. The summed E-state index contributed by atoms with van der Waals surface area (Å²) in [5.41, 5.74) is 1.09. The number of aromatic nitrogens is 2. The fourth-order valence-electron chi connectivity index (χ4n) is 2.14. The summed E-state index contributed by atoms with van der Waals surface area (Å²) in [6.07, 6.45) is 1.42. The van der Waals surface area contributed by atoms with E-state index in [9.17, 15) is 9.59 Å². The van der Waals surface area contributed by atoms with Gasteiger partial charge in [-0.15, -0.1) is 5.10 Å². The molecule has 7 heteroatoms. The Balaban J connectivity index is 2.40. The lowest BCUT2D eigenvalue weighted by molar-refractivity contribution is -0.132. The molecule has 1 aromatic heterocycles. The van der Waals surface area contributed by atoms with Gasteiger partial charge in [-0.3, -0.25) is 14.6 Å². The molecule has 6 nitrogen and oxygen atoms in total. The average Bonchev–Trinajstić information content (AvgIpc) is 2.79. The molecule has 1 fully saturated rings. The predicted octanol–water partition coefficient (Wildman–Crippen LogP) is 0.566. The third kappa shape index (κ3) is 2.93. The van der Waals surface area contributed by atoms with Crippen molar-refractivity contribution in [1.82, 2.24) is 9.59 Å². The van der Waals surface area contributed by atoms with E-state index in [-0.39, 0.29) is 24.7 Å². The number of hydrogen-bond acceptors (Lipinski definition) is 7. The van der Waals surface area contributed by atoms with Gasteiger partial charge >= 0.3 is 0 Å². The van der Waals surface area contributed by atoms with Crippen LogP contribution in [-0.4, -0.2) is 45.1 Å². The van der Waals surface area contributed by atoms with Gasteiger partial charge < -0.3 is 5.11 Å². The molecule has 0 unspecified atom stereocenters. The Hall–Kier alpha value is -1.47. The highest BCUT2D eigenvalue weighted by Crippen LogP contribution is 2.25. The molecule has 0 radical (unpaired) electrons. The van der Waals surface area contributed by atoms with Crippen molar-refractivity contribution in [3.63, 3.8) is 0 Å². The van der Waals surface area contributed by atoms with Crippen LogP contribution in [0, 0.1) is 12.8 Å². The van der Waals surface area contributed by atoms with Crippen molar-refractivity contribution in [2.45, 2.75) is 26.2 Å². The van der Waals surface area contributed by atoms with Crippen molar-refractivity contribution in [2.75, 3.05) is 13.2 Å². The summed E-state index contributed by atoms with van der Waals surface area (Å²) in [4.78, 5) is 28.9. The summed E-state index contributed by atoms with van der Waals surface area (Å²) < 4.78 is 3.82. The Labute approximate surface area is 114 Å². The van der Waals surface area contributed by atoms with E-state index in [1.54, 1.807) is 6.92 Å². The zero-order chi connectivity index (χ0) is 13.8. The second-order valence-corrected chi connectivity index (χ2v) is 5.15. The quantitative estimate of drug-likeness (QED) is 0.643. The smallest absolute Gasteiger partial charge is 0.149 e. The molecule has 19 heavy (non-hydrogen) atoms. The van der Waals surface area contributed by atoms with Crippen LogP contribution in [0.15, 0.2) is 4.99 Å². The van der Waals surface area contributed by atoms with Crippen LogP contribution in [0.1, 0.15) is 29.8 Å². The molecule has 0 aromatic carbocycles. The predicted molar refractivity (Wildman–Crippen MR) is 70.5 cm³/mol. The summed E-state index contributed by atoms with van der Waals surface area (Å²) in [7, 11) is 0. The van der Waals surface area contributed by atoms with Gasteiger partial charge in [0.05, 0.1) is 29.4 Å². The van der Waals surface area contributed by atoms with E-state index in [2.05, 4.69) is 14.6 Å². The molecule has 1 aromatic rings. The molecular formula is C12H15N3O3S. The molecule has 1 aliphatic carbocycles. The number of carbonyl (C=O) groups is 2. The summed E-state index contributed by atoms with van der Waals surface area (Å²) in [6, 6.07) is 0. The number of carbonyl (C=O) groups excluding carboxylic acids is 2. The van der Waals surface area contributed by atoms with Gasteiger partial charge in [0.25, 0.3) is 0 Å². The van der Waals surface area contributed by atoms with Gasteiger partial charge in [0.2, 0.25) is 0 Å². The highest BCUT2D eigenvalue weighted by atomic mass is 32.1. The number of rotatable bonds is 4. The molecule has 1 N–H and O–H groups in total. The Morgan fingerprint density at radius 2 is 2.11 bits per heavy atom. The highest BCUT2D eigenvalue weighted by molar-refractivity contribution is 7.08. The first-order chi connectivity index (χ1) is 9.15. The fourth-order valence-corrected chi connectivity index (χ4v) is 2.83. The second-order valence-electron chi connectivity index (χ2n) is 4.40. The highest BCUT2D eigenvalue weighted by Gasteiger charge is 2.36. The average molecular weight is 281 g/mol. The van der Waals surface area contributed by atoms with E-state index in [0.717, 1.165) is 11.5 Å².